The van der Waals surface area contributed by atoms with Crippen LogP contribution in [0.3, 0.4) is 0 Å². The van der Waals surface area contributed by atoms with Gasteiger partial charge >= 0.3 is 0 Å². The molecule has 1 saturated carbocycles. The number of hydrogen-bond donors (Lipinski definition) is 1. The van der Waals surface area contributed by atoms with Crippen molar-refractivity contribution in [3.8, 4) is 0 Å². The van der Waals surface area contributed by atoms with Crippen LogP contribution in [0.1, 0.15) is 36.6 Å². The van der Waals surface area contributed by atoms with E-state index in [9.17, 15) is 0 Å². The number of hydrogen-bond acceptors (Lipinski definition) is 5. The molecule has 0 radical (unpaired) electrons. The van der Waals surface area contributed by atoms with E-state index in [-0.39, 0.29) is 0 Å². The third-order valence-corrected chi connectivity index (χ3v) is 3.74. The van der Waals surface area contributed by atoms with Crippen LogP contribution in [0.25, 0.3) is 0 Å². The van der Waals surface area contributed by atoms with Crippen LogP contribution in [0.2, 0.25) is 5.15 Å². The lowest BCUT2D eigenvalue weighted by atomic mass is 10.3. The Morgan fingerprint density at radius 1 is 1.40 bits per heavy atom. The molecular weight excluding hydrogens is 276 g/mol. The van der Waals surface area contributed by atoms with Gasteiger partial charge in [0, 0.05) is 30.8 Å². The zero-order valence-corrected chi connectivity index (χ0v) is 12.1. The summed E-state index contributed by atoms with van der Waals surface area (Å²) in [6, 6.07) is 0. The number of anilines is 1. The summed E-state index contributed by atoms with van der Waals surface area (Å²) in [5.74, 6) is 2.23. The maximum atomic E-state index is 6.17. The Morgan fingerprint density at radius 3 is 2.95 bits per heavy atom. The predicted molar refractivity (Wildman–Crippen MR) is 76.9 cm³/mol. The summed E-state index contributed by atoms with van der Waals surface area (Å²) in [5.41, 5.74) is 0.914. The maximum Gasteiger partial charge on any atom is 0.137 e. The van der Waals surface area contributed by atoms with Crippen LogP contribution in [0.5, 0.6) is 0 Å². The van der Waals surface area contributed by atoms with Crippen molar-refractivity contribution < 1.29 is 0 Å². The highest BCUT2D eigenvalue weighted by molar-refractivity contribution is 6.30. The minimum absolute atomic E-state index is 0.504. The largest absolute Gasteiger partial charge is 0.370 e. The van der Waals surface area contributed by atoms with E-state index in [1.54, 1.807) is 6.20 Å². The van der Waals surface area contributed by atoms with E-state index in [0.717, 1.165) is 36.7 Å². The van der Waals surface area contributed by atoms with Crippen molar-refractivity contribution in [3.63, 3.8) is 0 Å². The minimum atomic E-state index is 0.504. The molecule has 0 bridgehead atoms. The Bertz CT molecular complexity index is 579. The Labute approximate surface area is 122 Å². The van der Waals surface area contributed by atoms with E-state index in [1.807, 2.05) is 17.8 Å². The van der Waals surface area contributed by atoms with Gasteiger partial charge in [-0.1, -0.05) is 16.8 Å². The van der Waals surface area contributed by atoms with Gasteiger partial charge in [0.2, 0.25) is 0 Å². The quantitative estimate of drug-likeness (QED) is 0.654. The van der Waals surface area contributed by atoms with E-state index in [4.69, 9.17) is 11.6 Å². The molecular formula is C13H17ClN6. The van der Waals surface area contributed by atoms with Crippen LogP contribution in [-0.2, 0) is 6.54 Å². The fourth-order valence-corrected chi connectivity index (χ4v) is 2.18. The number of aryl methyl sites for hydroxylation is 1. The summed E-state index contributed by atoms with van der Waals surface area (Å²) < 4.78 is 1.82. The molecule has 0 spiro atoms. The molecule has 0 aliphatic heterocycles. The van der Waals surface area contributed by atoms with Gasteiger partial charge < -0.3 is 5.32 Å². The number of rotatable bonds is 6. The second-order valence-corrected chi connectivity index (χ2v) is 5.42. The Balaban J connectivity index is 1.58. The van der Waals surface area contributed by atoms with Gasteiger partial charge in [-0.15, -0.1) is 5.10 Å². The Hall–Kier alpha value is -1.69. The maximum absolute atomic E-state index is 6.17. The van der Waals surface area contributed by atoms with Gasteiger partial charge in [-0.2, -0.15) is 0 Å². The second kappa shape index (κ2) is 5.75. The summed E-state index contributed by atoms with van der Waals surface area (Å²) in [6.45, 7) is 3.59. The highest BCUT2D eigenvalue weighted by Gasteiger charge is 2.27. The summed E-state index contributed by atoms with van der Waals surface area (Å²) in [6.07, 6.45) is 6.83. The van der Waals surface area contributed by atoms with E-state index in [2.05, 4.69) is 25.6 Å². The van der Waals surface area contributed by atoms with Gasteiger partial charge in [-0.25, -0.2) is 9.97 Å². The molecule has 6 nitrogen and oxygen atoms in total. The van der Waals surface area contributed by atoms with Crippen molar-refractivity contribution in [1.29, 1.82) is 0 Å². The highest BCUT2D eigenvalue weighted by atomic mass is 35.5. The zero-order valence-electron chi connectivity index (χ0n) is 11.4. The molecule has 1 aliphatic carbocycles. The van der Waals surface area contributed by atoms with Crippen LogP contribution in [0.15, 0.2) is 12.4 Å². The van der Waals surface area contributed by atoms with Crippen molar-refractivity contribution >= 4 is 17.4 Å². The standard InChI is InChI=1S/C13H17ClN6/c1-9-11(14)17-13(10-3-4-10)18-12(9)15-5-2-7-20-8-6-16-19-20/h6,8,10H,2-5,7H2,1H3,(H,15,17,18). The summed E-state index contributed by atoms with van der Waals surface area (Å²) in [4.78, 5) is 8.94. The van der Waals surface area contributed by atoms with Crippen LogP contribution >= 0.6 is 11.6 Å². The fourth-order valence-electron chi connectivity index (χ4n) is 2.00. The average Bonchev–Trinajstić information content (AvgIpc) is 3.16. The van der Waals surface area contributed by atoms with Crippen LogP contribution < -0.4 is 5.32 Å². The second-order valence-electron chi connectivity index (χ2n) is 5.07. The molecule has 2 aromatic heterocycles. The lowest BCUT2D eigenvalue weighted by Gasteiger charge is -2.11. The number of nitrogens with one attached hydrogen (secondary N) is 1. The average molecular weight is 293 g/mol. The van der Waals surface area contributed by atoms with Crippen LogP contribution in [-0.4, -0.2) is 31.5 Å². The van der Waals surface area contributed by atoms with Gasteiger partial charge in [0.25, 0.3) is 0 Å². The highest BCUT2D eigenvalue weighted by Crippen LogP contribution is 2.39. The first-order chi connectivity index (χ1) is 9.74. The smallest absolute Gasteiger partial charge is 0.137 e. The molecule has 0 unspecified atom stereocenters. The molecule has 106 valence electrons. The van der Waals surface area contributed by atoms with Gasteiger partial charge in [-0.3, -0.25) is 4.68 Å². The van der Waals surface area contributed by atoms with E-state index < -0.39 is 0 Å². The predicted octanol–water partition coefficient (Wildman–Crippen LogP) is 2.41. The van der Waals surface area contributed by atoms with Crippen molar-refractivity contribution in [2.24, 2.45) is 0 Å². The SMILES string of the molecule is Cc1c(Cl)nc(C2CC2)nc1NCCCn1ccnn1. The number of nitrogens with zero attached hydrogens (tertiary/aromatic N) is 5. The normalized spacial score (nSPS) is 14.5. The third kappa shape index (κ3) is 3.07. The Morgan fingerprint density at radius 2 is 2.25 bits per heavy atom. The molecule has 2 heterocycles. The van der Waals surface area contributed by atoms with Crippen molar-refractivity contribution in [2.45, 2.75) is 38.6 Å². The monoisotopic (exact) mass is 292 g/mol. The van der Waals surface area contributed by atoms with Crippen LogP contribution in [0, 0.1) is 6.92 Å². The minimum Gasteiger partial charge on any atom is -0.370 e. The molecule has 1 aliphatic rings. The molecule has 0 atom stereocenters. The molecule has 1 fully saturated rings. The first-order valence-electron chi connectivity index (χ1n) is 6.86. The van der Waals surface area contributed by atoms with Crippen LogP contribution in [0.4, 0.5) is 5.82 Å². The van der Waals surface area contributed by atoms with Crippen molar-refractivity contribution in [2.75, 3.05) is 11.9 Å². The summed E-state index contributed by atoms with van der Waals surface area (Å²) in [5, 5.41) is 11.6. The molecule has 0 aromatic carbocycles. The first kappa shape index (κ1) is 13.3. The first-order valence-corrected chi connectivity index (χ1v) is 7.24. The molecule has 1 N–H and O–H groups in total. The molecule has 3 rings (SSSR count). The fraction of sp³-hybridized carbons (Fsp3) is 0.538. The molecule has 20 heavy (non-hydrogen) atoms. The molecule has 0 saturated heterocycles. The van der Waals surface area contributed by atoms with E-state index >= 15 is 0 Å². The van der Waals surface area contributed by atoms with Gasteiger partial charge in [0.15, 0.2) is 0 Å². The lowest BCUT2D eigenvalue weighted by Crippen LogP contribution is -2.11. The van der Waals surface area contributed by atoms with Gasteiger partial charge in [0.05, 0.1) is 6.20 Å². The van der Waals surface area contributed by atoms with E-state index in [0.29, 0.717) is 11.1 Å². The van der Waals surface area contributed by atoms with Gasteiger partial charge in [-0.05, 0) is 26.2 Å². The lowest BCUT2D eigenvalue weighted by molar-refractivity contribution is 0.569. The van der Waals surface area contributed by atoms with Gasteiger partial charge in [0.1, 0.15) is 16.8 Å². The summed E-state index contributed by atoms with van der Waals surface area (Å²) >= 11 is 6.17. The van der Waals surface area contributed by atoms with Crippen molar-refractivity contribution in [3.05, 3.63) is 28.9 Å². The number of halogens is 1. The third-order valence-electron chi connectivity index (χ3n) is 3.37. The Kier molecular flexibility index (Phi) is 3.82. The molecule has 7 heteroatoms. The molecule has 0 amide bonds. The topological polar surface area (TPSA) is 68.5 Å². The molecule has 2 aromatic rings. The van der Waals surface area contributed by atoms with Crippen molar-refractivity contribution in [1.82, 2.24) is 25.0 Å². The zero-order chi connectivity index (χ0) is 13.9. The number of aromatic nitrogens is 5. The summed E-state index contributed by atoms with van der Waals surface area (Å²) in [7, 11) is 0. The van der Waals surface area contributed by atoms with E-state index in [1.165, 1.54) is 12.8 Å².